The molecule has 1 aliphatic heterocycles. The van der Waals surface area contributed by atoms with Crippen LogP contribution in [-0.4, -0.2) is 41.0 Å². The van der Waals surface area contributed by atoms with Gasteiger partial charge in [-0.25, -0.2) is 4.39 Å². The quantitative estimate of drug-likeness (QED) is 0.531. The summed E-state index contributed by atoms with van der Waals surface area (Å²) in [7, 11) is 0. The zero-order valence-corrected chi connectivity index (χ0v) is 18.9. The minimum atomic E-state index is -0.804. The van der Waals surface area contributed by atoms with E-state index < -0.39 is 11.3 Å². The van der Waals surface area contributed by atoms with Gasteiger partial charge in [0.25, 0.3) is 0 Å². The molecule has 0 radical (unpaired) electrons. The molecule has 0 aliphatic carbocycles. The monoisotopic (exact) mass is 451 g/mol. The number of halogens is 1. The molecule has 0 spiro atoms. The SMILES string of the molecule is CCOC(=O)C1(Cc2ccccc2F)CCCN(Cc2cn(CC(N)=O)c3ccccc23)C1. The largest absolute Gasteiger partial charge is 0.466 e. The van der Waals surface area contributed by atoms with Crippen LogP contribution in [0.3, 0.4) is 0 Å². The number of carbonyl (C=O) groups excluding carboxylic acids is 2. The lowest BCUT2D eigenvalue weighted by Crippen LogP contribution is -2.49. The smallest absolute Gasteiger partial charge is 0.313 e. The molecule has 1 amide bonds. The second-order valence-corrected chi connectivity index (χ2v) is 8.85. The van der Waals surface area contributed by atoms with Crippen molar-refractivity contribution in [2.75, 3.05) is 19.7 Å². The first-order chi connectivity index (χ1) is 15.9. The van der Waals surface area contributed by atoms with Gasteiger partial charge in [0.05, 0.1) is 12.0 Å². The molecule has 1 fully saturated rings. The molecule has 2 aromatic carbocycles. The third-order valence-corrected chi connectivity index (χ3v) is 6.44. The Morgan fingerprint density at radius 2 is 1.88 bits per heavy atom. The Morgan fingerprint density at radius 3 is 2.64 bits per heavy atom. The second-order valence-electron chi connectivity index (χ2n) is 8.85. The van der Waals surface area contributed by atoms with Gasteiger partial charge in [0, 0.05) is 30.2 Å². The summed E-state index contributed by atoms with van der Waals surface area (Å²) in [6.45, 7) is 4.12. The fourth-order valence-corrected chi connectivity index (χ4v) is 5.02. The van der Waals surface area contributed by atoms with Crippen LogP contribution in [0, 0.1) is 11.2 Å². The van der Waals surface area contributed by atoms with Crippen LogP contribution in [-0.2, 0) is 33.8 Å². The summed E-state index contributed by atoms with van der Waals surface area (Å²) in [6.07, 6.45) is 3.73. The standard InChI is InChI=1S/C26H30FN3O3/c1-2-33-25(32)26(14-19-8-3-5-10-22(19)27)12-7-13-29(18-26)15-20-16-30(17-24(28)31)23-11-6-4-9-21(20)23/h3-6,8-11,16H,2,7,12-15,17-18H2,1H3,(H2,28,31). The summed E-state index contributed by atoms with van der Waals surface area (Å²) in [5.74, 6) is -0.964. The molecule has 1 unspecified atom stereocenters. The van der Waals surface area contributed by atoms with Gasteiger partial charge in [-0.05, 0) is 56.0 Å². The molecule has 7 heteroatoms. The van der Waals surface area contributed by atoms with E-state index in [1.807, 2.05) is 35.0 Å². The highest BCUT2D eigenvalue weighted by Crippen LogP contribution is 2.37. The molecule has 3 aromatic rings. The van der Waals surface area contributed by atoms with Gasteiger partial charge in [-0.2, -0.15) is 0 Å². The van der Waals surface area contributed by atoms with Crippen LogP contribution in [0.4, 0.5) is 4.39 Å². The Kier molecular flexibility index (Phi) is 6.79. The summed E-state index contributed by atoms with van der Waals surface area (Å²) < 4.78 is 21.8. The van der Waals surface area contributed by atoms with E-state index >= 15 is 0 Å². The lowest BCUT2D eigenvalue weighted by molar-refractivity contribution is -0.159. The first kappa shape index (κ1) is 23.0. The maximum absolute atomic E-state index is 14.5. The number of nitrogens with two attached hydrogens (primary N) is 1. The van der Waals surface area contributed by atoms with Crippen LogP contribution in [0.5, 0.6) is 0 Å². The van der Waals surface area contributed by atoms with Crippen LogP contribution in [0.1, 0.15) is 30.9 Å². The molecule has 1 saturated heterocycles. The van der Waals surface area contributed by atoms with Gasteiger partial charge in [-0.15, -0.1) is 0 Å². The molecular formula is C26H30FN3O3. The van der Waals surface area contributed by atoms with E-state index in [2.05, 4.69) is 4.90 Å². The van der Waals surface area contributed by atoms with E-state index in [0.29, 0.717) is 38.1 Å². The van der Waals surface area contributed by atoms with Crippen LogP contribution in [0.2, 0.25) is 0 Å². The lowest BCUT2D eigenvalue weighted by atomic mass is 9.75. The van der Waals surface area contributed by atoms with Crippen molar-refractivity contribution in [1.82, 2.24) is 9.47 Å². The number of rotatable bonds is 8. The number of esters is 1. The first-order valence-electron chi connectivity index (χ1n) is 11.4. The number of carbonyl (C=O) groups is 2. The highest BCUT2D eigenvalue weighted by atomic mass is 19.1. The van der Waals surface area contributed by atoms with Gasteiger partial charge < -0.3 is 15.0 Å². The van der Waals surface area contributed by atoms with Crippen LogP contribution in [0.15, 0.2) is 54.7 Å². The fourth-order valence-electron chi connectivity index (χ4n) is 5.02. The van der Waals surface area contributed by atoms with Crippen LogP contribution in [0.25, 0.3) is 10.9 Å². The Balaban J connectivity index is 1.62. The van der Waals surface area contributed by atoms with E-state index in [1.165, 1.54) is 6.07 Å². The minimum Gasteiger partial charge on any atom is -0.466 e. The first-order valence-corrected chi connectivity index (χ1v) is 11.4. The molecule has 1 aliphatic rings. The van der Waals surface area contributed by atoms with Crippen LogP contribution >= 0.6 is 0 Å². The number of fused-ring (bicyclic) bond motifs is 1. The minimum absolute atomic E-state index is 0.112. The maximum Gasteiger partial charge on any atom is 0.313 e. The molecule has 6 nitrogen and oxygen atoms in total. The van der Waals surface area contributed by atoms with Gasteiger partial charge in [0.1, 0.15) is 12.4 Å². The van der Waals surface area contributed by atoms with E-state index in [0.717, 1.165) is 29.4 Å². The van der Waals surface area contributed by atoms with E-state index in [1.54, 1.807) is 25.1 Å². The van der Waals surface area contributed by atoms with Crippen molar-refractivity contribution in [3.8, 4) is 0 Å². The van der Waals surface area contributed by atoms with Crippen molar-refractivity contribution >= 4 is 22.8 Å². The Bertz CT molecular complexity index is 1160. The molecule has 33 heavy (non-hydrogen) atoms. The lowest BCUT2D eigenvalue weighted by Gasteiger charge is -2.41. The maximum atomic E-state index is 14.5. The van der Waals surface area contributed by atoms with Gasteiger partial charge in [0.15, 0.2) is 0 Å². The Hall–Kier alpha value is -3.19. The topological polar surface area (TPSA) is 77.6 Å². The normalized spacial score (nSPS) is 19.0. The second kappa shape index (κ2) is 9.75. The van der Waals surface area contributed by atoms with Crippen molar-refractivity contribution in [1.29, 1.82) is 0 Å². The number of primary amides is 1. The number of para-hydroxylation sites is 1. The molecule has 0 bridgehead atoms. The predicted octanol–water partition coefficient (Wildman–Crippen LogP) is 3.65. The zero-order chi connectivity index (χ0) is 23.4. The number of hydrogen-bond donors (Lipinski definition) is 1. The Morgan fingerprint density at radius 1 is 1.12 bits per heavy atom. The molecule has 2 N–H and O–H groups in total. The fraction of sp³-hybridized carbons (Fsp3) is 0.385. The number of amides is 1. The number of ether oxygens (including phenoxy) is 1. The number of piperidine rings is 1. The summed E-state index contributed by atoms with van der Waals surface area (Å²) in [5, 5.41) is 1.06. The highest BCUT2D eigenvalue weighted by molar-refractivity contribution is 5.86. The van der Waals surface area contributed by atoms with Gasteiger partial charge in [0.2, 0.25) is 5.91 Å². The molecular weight excluding hydrogens is 421 g/mol. The van der Waals surface area contributed by atoms with Gasteiger partial charge >= 0.3 is 5.97 Å². The van der Waals surface area contributed by atoms with E-state index in [-0.39, 0.29) is 18.3 Å². The molecule has 1 atom stereocenters. The number of aromatic nitrogens is 1. The van der Waals surface area contributed by atoms with Crippen molar-refractivity contribution in [3.63, 3.8) is 0 Å². The zero-order valence-electron chi connectivity index (χ0n) is 18.9. The summed E-state index contributed by atoms with van der Waals surface area (Å²) in [6, 6.07) is 14.5. The third kappa shape index (κ3) is 4.93. The van der Waals surface area contributed by atoms with Crippen molar-refractivity contribution in [2.24, 2.45) is 11.1 Å². The average Bonchev–Trinajstić information content (AvgIpc) is 3.12. The predicted molar refractivity (Wildman–Crippen MR) is 125 cm³/mol. The summed E-state index contributed by atoms with van der Waals surface area (Å²) >= 11 is 0. The number of benzene rings is 2. The summed E-state index contributed by atoms with van der Waals surface area (Å²) in [4.78, 5) is 26.9. The van der Waals surface area contributed by atoms with E-state index in [4.69, 9.17) is 10.5 Å². The summed E-state index contributed by atoms with van der Waals surface area (Å²) in [5.41, 5.74) is 7.19. The molecule has 2 heterocycles. The molecule has 4 rings (SSSR count). The number of nitrogens with zero attached hydrogens (tertiary/aromatic N) is 2. The van der Waals surface area contributed by atoms with Gasteiger partial charge in [-0.1, -0.05) is 36.4 Å². The molecule has 174 valence electrons. The highest BCUT2D eigenvalue weighted by Gasteiger charge is 2.44. The Labute approximate surface area is 193 Å². The van der Waals surface area contributed by atoms with Crippen LogP contribution < -0.4 is 5.73 Å². The van der Waals surface area contributed by atoms with E-state index in [9.17, 15) is 14.0 Å². The van der Waals surface area contributed by atoms with Crippen molar-refractivity contribution in [2.45, 2.75) is 39.3 Å². The number of hydrogen-bond acceptors (Lipinski definition) is 4. The molecule has 1 aromatic heterocycles. The van der Waals surface area contributed by atoms with Gasteiger partial charge in [-0.3, -0.25) is 14.5 Å². The third-order valence-electron chi connectivity index (χ3n) is 6.44. The molecule has 0 saturated carbocycles. The van der Waals surface area contributed by atoms with Crippen molar-refractivity contribution in [3.05, 3.63) is 71.7 Å². The van der Waals surface area contributed by atoms with Crippen molar-refractivity contribution < 1.29 is 18.7 Å². The number of likely N-dealkylation sites (tertiary alicyclic amines) is 1. The average molecular weight is 452 g/mol.